The second-order valence-electron chi connectivity index (χ2n) is 6.79. The average molecular weight is 464 g/mol. The van der Waals surface area contributed by atoms with E-state index in [1.807, 2.05) is 6.92 Å². The summed E-state index contributed by atoms with van der Waals surface area (Å²) in [6, 6.07) is 19.5. The minimum atomic E-state index is -0.465. The Kier molecular flexibility index (Phi) is 8.26. The van der Waals surface area contributed by atoms with Crippen LogP contribution in [0.4, 0.5) is 15.8 Å². The molecule has 3 N–H and O–H groups in total. The molecule has 0 saturated heterocycles. The molecule has 0 aliphatic carbocycles. The van der Waals surface area contributed by atoms with Crippen LogP contribution in [0.25, 0.3) is 6.08 Å². The van der Waals surface area contributed by atoms with Crippen LogP contribution in [-0.4, -0.2) is 23.5 Å². The Morgan fingerprint density at radius 3 is 2.36 bits per heavy atom. The summed E-state index contributed by atoms with van der Waals surface area (Å²) < 4.78 is 18.4. The summed E-state index contributed by atoms with van der Waals surface area (Å²) in [5.74, 6) is -0.444. The van der Waals surface area contributed by atoms with E-state index >= 15 is 0 Å². The lowest BCUT2D eigenvalue weighted by Gasteiger charge is -2.13. The molecule has 3 aromatic carbocycles. The topological polar surface area (TPSA) is 79.5 Å². The summed E-state index contributed by atoms with van der Waals surface area (Å²) in [4.78, 5) is 24.9. The van der Waals surface area contributed by atoms with Crippen LogP contribution in [0.2, 0.25) is 0 Å². The van der Waals surface area contributed by atoms with Crippen molar-refractivity contribution in [3.05, 3.63) is 95.8 Å². The number of rotatable bonds is 7. The van der Waals surface area contributed by atoms with Crippen molar-refractivity contribution in [3.63, 3.8) is 0 Å². The normalized spacial score (nSPS) is 10.5. The maximum atomic E-state index is 13.0. The van der Waals surface area contributed by atoms with E-state index in [2.05, 4.69) is 16.0 Å². The van der Waals surface area contributed by atoms with Crippen LogP contribution >= 0.6 is 12.2 Å². The van der Waals surface area contributed by atoms with Crippen LogP contribution in [-0.2, 0) is 4.79 Å². The highest BCUT2D eigenvalue weighted by atomic mass is 32.1. The van der Waals surface area contributed by atoms with Crippen LogP contribution in [0.3, 0.4) is 0 Å². The second-order valence-corrected chi connectivity index (χ2v) is 7.19. The van der Waals surface area contributed by atoms with Crippen molar-refractivity contribution in [3.8, 4) is 5.75 Å². The molecule has 3 aromatic rings. The van der Waals surface area contributed by atoms with Crippen molar-refractivity contribution >= 4 is 46.6 Å². The van der Waals surface area contributed by atoms with E-state index in [-0.39, 0.29) is 16.8 Å². The lowest BCUT2D eigenvalue weighted by Crippen LogP contribution is -2.33. The summed E-state index contributed by atoms with van der Waals surface area (Å²) in [5, 5.41) is 8.25. The number of ether oxygens (including phenoxy) is 1. The van der Waals surface area contributed by atoms with E-state index in [4.69, 9.17) is 17.0 Å². The standard InChI is InChI=1S/C25H22FN3O3S/c1-2-32-20-14-12-19(13-15-20)27-24(31)21-5-3-4-6-22(21)28-25(33)29-23(30)16-9-17-7-10-18(26)11-8-17/h3-16H,2H2,1H3,(H,27,31)(H2,28,29,30,33)/b16-9+. The third-order valence-corrected chi connectivity index (χ3v) is 4.58. The van der Waals surface area contributed by atoms with E-state index in [0.717, 1.165) is 0 Å². The van der Waals surface area contributed by atoms with Crippen molar-refractivity contribution in [2.75, 3.05) is 17.2 Å². The van der Waals surface area contributed by atoms with Gasteiger partial charge in [-0.3, -0.25) is 14.9 Å². The van der Waals surface area contributed by atoms with Crippen molar-refractivity contribution < 1.29 is 18.7 Å². The molecule has 0 saturated carbocycles. The molecule has 8 heteroatoms. The number of benzene rings is 3. The predicted octanol–water partition coefficient (Wildman–Crippen LogP) is 5.00. The number of halogens is 1. The van der Waals surface area contributed by atoms with Crippen LogP contribution in [0.5, 0.6) is 5.75 Å². The Bertz CT molecular complexity index is 1160. The van der Waals surface area contributed by atoms with Gasteiger partial charge in [-0.2, -0.15) is 0 Å². The van der Waals surface area contributed by atoms with Gasteiger partial charge in [0, 0.05) is 11.8 Å². The number of carbonyl (C=O) groups is 2. The van der Waals surface area contributed by atoms with E-state index in [9.17, 15) is 14.0 Å². The molecule has 0 aromatic heterocycles. The highest BCUT2D eigenvalue weighted by Gasteiger charge is 2.13. The summed E-state index contributed by atoms with van der Waals surface area (Å²) >= 11 is 5.20. The fraction of sp³-hybridized carbons (Fsp3) is 0.0800. The molecule has 0 aliphatic rings. The highest BCUT2D eigenvalue weighted by molar-refractivity contribution is 7.80. The first-order chi connectivity index (χ1) is 15.9. The molecular weight excluding hydrogens is 441 g/mol. The van der Waals surface area contributed by atoms with Crippen molar-refractivity contribution in [2.45, 2.75) is 6.92 Å². The molecule has 0 bridgehead atoms. The first kappa shape index (κ1) is 23.6. The van der Waals surface area contributed by atoms with Gasteiger partial charge in [-0.25, -0.2) is 4.39 Å². The van der Waals surface area contributed by atoms with Gasteiger partial charge in [-0.1, -0.05) is 24.3 Å². The molecule has 0 heterocycles. The molecule has 6 nitrogen and oxygen atoms in total. The Balaban J connectivity index is 1.60. The van der Waals surface area contributed by atoms with Gasteiger partial charge in [0.05, 0.1) is 17.9 Å². The third-order valence-electron chi connectivity index (χ3n) is 4.38. The number of amides is 2. The number of anilines is 2. The molecule has 33 heavy (non-hydrogen) atoms. The Morgan fingerprint density at radius 2 is 1.67 bits per heavy atom. The fourth-order valence-corrected chi connectivity index (χ4v) is 3.05. The Hall–Kier alpha value is -4.04. The van der Waals surface area contributed by atoms with Crippen molar-refractivity contribution in [1.82, 2.24) is 5.32 Å². The number of carbonyl (C=O) groups excluding carboxylic acids is 2. The lowest BCUT2D eigenvalue weighted by atomic mass is 10.1. The number of hydrogen-bond donors (Lipinski definition) is 3. The molecule has 168 valence electrons. The minimum Gasteiger partial charge on any atom is -0.494 e. The van der Waals surface area contributed by atoms with Gasteiger partial charge >= 0.3 is 0 Å². The number of nitrogens with one attached hydrogen (secondary N) is 3. The van der Waals surface area contributed by atoms with E-state index in [0.29, 0.717) is 34.9 Å². The molecular formula is C25H22FN3O3S. The maximum Gasteiger partial charge on any atom is 0.257 e. The molecule has 0 atom stereocenters. The average Bonchev–Trinajstić information content (AvgIpc) is 2.80. The zero-order valence-corrected chi connectivity index (χ0v) is 18.6. The molecule has 0 spiro atoms. The summed E-state index contributed by atoms with van der Waals surface area (Å²) in [7, 11) is 0. The van der Waals surface area contributed by atoms with Gasteiger partial charge < -0.3 is 15.4 Å². The summed E-state index contributed by atoms with van der Waals surface area (Å²) in [5.41, 5.74) is 2.07. The summed E-state index contributed by atoms with van der Waals surface area (Å²) in [6.07, 6.45) is 2.82. The van der Waals surface area contributed by atoms with Crippen molar-refractivity contribution in [1.29, 1.82) is 0 Å². The van der Waals surface area contributed by atoms with Gasteiger partial charge in [-0.05, 0) is 79.3 Å². The Morgan fingerprint density at radius 1 is 0.970 bits per heavy atom. The summed E-state index contributed by atoms with van der Waals surface area (Å²) in [6.45, 7) is 2.46. The van der Waals surface area contributed by atoms with Gasteiger partial charge in [-0.15, -0.1) is 0 Å². The first-order valence-corrected chi connectivity index (χ1v) is 10.5. The zero-order valence-electron chi connectivity index (χ0n) is 17.8. The van der Waals surface area contributed by atoms with Crippen LogP contribution in [0.15, 0.2) is 78.9 Å². The quantitative estimate of drug-likeness (QED) is 0.339. The SMILES string of the molecule is CCOc1ccc(NC(=O)c2ccccc2NC(=S)NC(=O)/C=C/c2ccc(F)cc2)cc1. The van der Waals surface area contributed by atoms with Gasteiger partial charge in [0.25, 0.3) is 5.91 Å². The van der Waals surface area contributed by atoms with Gasteiger partial charge in [0.15, 0.2) is 5.11 Å². The molecule has 0 aliphatic heterocycles. The monoisotopic (exact) mass is 463 g/mol. The van der Waals surface area contributed by atoms with E-state index in [1.165, 1.54) is 24.3 Å². The number of thiocarbonyl (C=S) groups is 1. The lowest BCUT2D eigenvalue weighted by molar-refractivity contribution is -0.115. The molecule has 0 radical (unpaired) electrons. The van der Waals surface area contributed by atoms with Crippen molar-refractivity contribution in [2.24, 2.45) is 0 Å². The maximum absolute atomic E-state index is 13.0. The highest BCUT2D eigenvalue weighted by Crippen LogP contribution is 2.19. The number of para-hydroxylation sites is 1. The molecule has 0 unspecified atom stereocenters. The second kappa shape index (κ2) is 11.5. The van der Waals surface area contributed by atoms with Gasteiger partial charge in [0.2, 0.25) is 5.91 Å². The molecule has 3 rings (SSSR count). The first-order valence-electron chi connectivity index (χ1n) is 10.1. The zero-order chi connectivity index (χ0) is 23.6. The smallest absolute Gasteiger partial charge is 0.257 e. The van der Waals surface area contributed by atoms with Crippen LogP contribution < -0.4 is 20.7 Å². The third kappa shape index (κ3) is 7.26. The van der Waals surface area contributed by atoms with E-state index in [1.54, 1.807) is 60.7 Å². The van der Waals surface area contributed by atoms with E-state index < -0.39 is 5.91 Å². The number of hydrogen-bond acceptors (Lipinski definition) is 4. The van der Waals surface area contributed by atoms with Crippen LogP contribution in [0, 0.1) is 5.82 Å². The Labute approximate surface area is 196 Å². The molecule has 0 fully saturated rings. The largest absolute Gasteiger partial charge is 0.494 e. The fourth-order valence-electron chi connectivity index (χ4n) is 2.84. The van der Waals surface area contributed by atoms with Gasteiger partial charge in [0.1, 0.15) is 11.6 Å². The predicted molar refractivity (Wildman–Crippen MR) is 132 cm³/mol. The molecule has 2 amide bonds. The minimum absolute atomic E-state index is 0.0325. The van der Waals surface area contributed by atoms with Crippen LogP contribution in [0.1, 0.15) is 22.8 Å².